The van der Waals surface area contributed by atoms with E-state index in [1.165, 1.54) is 6.92 Å². The van der Waals surface area contributed by atoms with Gasteiger partial charge in [-0.15, -0.1) is 0 Å². The van der Waals surface area contributed by atoms with Crippen LogP contribution in [0.2, 0.25) is 0 Å². The van der Waals surface area contributed by atoms with Gasteiger partial charge < -0.3 is 146 Å². The number of carboxylic acids is 1. The zero-order chi connectivity index (χ0) is 70.2. The lowest BCUT2D eigenvalue weighted by molar-refractivity contribution is -0.375. The number of nitrogens with two attached hydrogens (primary N) is 2. The maximum absolute atomic E-state index is 13.9. The molecule has 0 radical (unpaired) electrons. The molecule has 27 atom stereocenters. The largest absolute Gasteiger partial charge is 0.510 e. The van der Waals surface area contributed by atoms with Crippen molar-refractivity contribution in [3.8, 4) is 0 Å². The lowest BCUT2D eigenvalue weighted by Gasteiger charge is -2.52. The van der Waals surface area contributed by atoms with E-state index in [4.69, 9.17) is 72.6 Å². The Morgan fingerprint density at radius 3 is 1.86 bits per heavy atom. The first-order valence-corrected chi connectivity index (χ1v) is 30.9. The number of primary amides is 2. The minimum absolute atomic E-state index is 0.125. The van der Waals surface area contributed by atoms with Crippen LogP contribution in [-0.4, -0.2) is 293 Å². The van der Waals surface area contributed by atoms with Gasteiger partial charge in [-0.05, 0) is 47.5 Å². The summed E-state index contributed by atoms with van der Waals surface area (Å²) < 4.78 is 88.0. The smallest absolute Gasteiger partial charge is 0.474 e. The SMILES string of the molecule is CC(=O)NC1[C@H](O[C@@H]2C(CO[C@@H]3OC(CO)[C@@H](O)[C@H](O)C3O)O[C@@H](OC3[C@@H](OP(=O)(O)OC[C@@H](OC/C=C(/C)CCC=C(C)C)C(=O)O)OC(C(N)=O)[C@@](C)(O)[C@@H]3OC(N)=O)C(NC(C)=O)[C@H]2O)OC(C)[C@@H](O[C@@H]2OC(C(=O)NC3=C(O)CCC3=O)[C@H](O)[C@H](O)C2O)[C@@H]1O. The highest BCUT2D eigenvalue weighted by molar-refractivity contribution is 7.47. The van der Waals surface area contributed by atoms with E-state index in [9.17, 15) is 104 Å². The number of ether oxygens (including phenoxy) is 11. The van der Waals surface area contributed by atoms with Gasteiger partial charge in [0.25, 0.3) is 5.91 Å². The molecule has 39 nitrogen and oxygen atoms in total. The Morgan fingerprint density at radius 2 is 1.30 bits per heavy atom. The number of Topliss-reactive ketones (excluding diaryl/α,β-unsaturated/α-hetero) is 1. The Labute approximate surface area is 535 Å². The molecule has 0 aromatic carbocycles. The van der Waals surface area contributed by atoms with E-state index < -0.39 is 240 Å². The summed E-state index contributed by atoms with van der Waals surface area (Å²) in [4.78, 5) is 101. The summed E-state index contributed by atoms with van der Waals surface area (Å²) in [5.41, 5.74) is 9.42. The third-order valence-corrected chi connectivity index (χ3v) is 16.7. The number of phosphoric acid groups is 1. The molecule has 0 bridgehead atoms. The normalized spacial score (nSPS) is 39.0. The van der Waals surface area contributed by atoms with Gasteiger partial charge >= 0.3 is 19.9 Å². The lowest BCUT2D eigenvalue weighted by Crippen LogP contribution is -2.72. The number of phosphoric ester groups is 1. The zero-order valence-corrected chi connectivity index (χ0v) is 52.6. The van der Waals surface area contributed by atoms with Crippen molar-refractivity contribution in [1.82, 2.24) is 16.0 Å². The summed E-state index contributed by atoms with van der Waals surface area (Å²) in [5, 5.41) is 138. The van der Waals surface area contributed by atoms with Crippen LogP contribution >= 0.6 is 7.82 Å². The topological polar surface area (TPSA) is 608 Å². The van der Waals surface area contributed by atoms with Crippen LogP contribution in [-0.2, 0) is 94.5 Å². The fraction of sp³-hybridized carbons (Fsp3) is 0.759. The van der Waals surface area contributed by atoms with Crippen molar-refractivity contribution in [2.75, 3.05) is 26.4 Å². The summed E-state index contributed by atoms with van der Waals surface area (Å²) in [6.07, 6.45) is -46.2. The Hall–Kier alpha value is -5.38. The summed E-state index contributed by atoms with van der Waals surface area (Å²) in [5.74, 6) is -7.64. The number of aliphatic carboxylic acids is 1. The van der Waals surface area contributed by atoms with Crippen LogP contribution in [0.5, 0.6) is 0 Å². The third kappa shape index (κ3) is 19.3. The first-order chi connectivity index (χ1) is 43.9. The van der Waals surface area contributed by atoms with E-state index in [2.05, 4.69) is 16.0 Å². The van der Waals surface area contributed by atoms with E-state index in [1.807, 2.05) is 19.9 Å². The van der Waals surface area contributed by atoms with Crippen molar-refractivity contribution in [1.29, 1.82) is 0 Å². The Kier molecular flexibility index (Phi) is 27.5. The minimum atomic E-state index is -5.81. The molecule has 40 heteroatoms. The highest BCUT2D eigenvalue weighted by Crippen LogP contribution is 2.49. The summed E-state index contributed by atoms with van der Waals surface area (Å²) in [6, 6.07) is -3.98. The van der Waals surface area contributed by atoms with Crippen molar-refractivity contribution in [2.24, 2.45) is 11.5 Å². The molecule has 5 heterocycles. The van der Waals surface area contributed by atoms with Crippen LogP contribution < -0.4 is 27.4 Å². The van der Waals surface area contributed by atoms with E-state index in [0.717, 1.165) is 31.9 Å². The maximum Gasteiger partial charge on any atom is 0.474 e. The fourth-order valence-electron chi connectivity index (χ4n) is 10.8. The van der Waals surface area contributed by atoms with E-state index in [-0.39, 0.29) is 19.4 Å². The molecule has 1 aliphatic carbocycles. The second-order valence-corrected chi connectivity index (χ2v) is 24.8. The Balaban J connectivity index is 1.34. The molecule has 5 saturated heterocycles. The Bertz CT molecular complexity index is 2830. The zero-order valence-electron chi connectivity index (χ0n) is 51.7. The number of nitrogens with one attached hydrogen (secondary N) is 3. The molecule has 5 amide bonds. The number of rotatable bonds is 28. The standard InChI is InChI=1S/C54H84N5O34P/c1-18(2)9-8-10-19(3)13-14-81-27(47(75)76)17-83-94(79,80)93-52-42(43(92-53(56)77)54(7,78)44(91-52)45(55)73)90-49-30(58-22(6)62)33(67)40(26(86-49)16-82-50-37(71)34(68)31(65)25(15-60)85-50)88-48-29(57-21(5)61)32(66)39(20(4)84-48)87-51-38(72)35(69)36(70)41(89-51)46(74)59-28-23(63)11-12-24(28)64/h9,13,20,25-27,29-44,48-52,60,63,65-72,78H,8,10-12,14-17H2,1-7H3,(H2,55,73)(H2,56,77)(H,57,61)(H,58,62)(H,59,74)(H,75,76)(H,79,80)/b19-13-/t20?,25?,26?,27-,29?,30?,31-,32-,33-,34+,35+,36-,37?,38?,39-,40-,41?,42?,43-,44?,48+,49+,50-,51-,52-,54+/m1/s1. The molecule has 0 saturated carbocycles. The quantitative estimate of drug-likeness (QED) is 0.0256. The molecule has 534 valence electrons. The monoisotopic (exact) mass is 1380 g/mol. The first kappa shape index (κ1) is 77.6. The maximum atomic E-state index is 13.9. The molecule has 20 N–H and O–H groups in total. The fourth-order valence-corrected chi connectivity index (χ4v) is 11.6. The van der Waals surface area contributed by atoms with Gasteiger partial charge in [0.1, 0.15) is 102 Å². The number of carboxylic acid groups (broad SMARTS) is 1. The van der Waals surface area contributed by atoms with Crippen LogP contribution in [0.3, 0.4) is 0 Å². The van der Waals surface area contributed by atoms with Crippen molar-refractivity contribution >= 4 is 49.3 Å². The lowest BCUT2D eigenvalue weighted by atomic mass is 9.85. The molecular weight excluding hydrogens is 1290 g/mol. The van der Waals surface area contributed by atoms with Gasteiger partial charge in [-0.3, -0.25) is 33.0 Å². The van der Waals surface area contributed by atoms with Crippen LogP contribution in [0, 0.1) is 0 Å². The van der Waals surface area contributed by atoms with E-state index in [0.29, 0.717) is 12.8 Å². The van der Waals surface area contributed by atoms with Gasteiger partial charge in [0.05, 0.1) is 32.5 Å². The molecule has 6 rings (SSSR count). The van der Waals surface area contributed by atoms with Crippen molar-refractivity contribution in [3.05, 3.63) is 34.8 Å². The number of hydrogen-bond acceptors (Lipinski definition) is 32. The number of carbonyl (C=O) groups is 7. The first-order valence-electron chi connectivity index (χ1n) is 29.4. The summed E-state index contributed by atoms with van der Waals surface area (Å²) in [6.45, 7) is 5.82. The van der Waals surface area contributed by atoms with Crippen LogP contribution in [0.25, 0.3) is 0 Å². The molecule has 11 unspecified atom stereocenters. The molecule has 94 heavy (non-hydrogen) atoms. The van der Waals surface area contributed by atoms with Crippen molar-refractivity contribution < 1.29 is 165 Å². The van der Waals surface area contributed by atoms with E-state index in [1.54, 1.807) is 13.0 Å². The molecule has 0 aromatic rings. The highest BCUT2D eigenvalue weighted by Gasteiger charge is 2.62. The van der Waals surface area contributed by atoms with E-state index >= 15 is 0 Å². The molecular formula is C54H84N5O34P. The van der Waals surface area contributed by atoms with Gasteiger partial charge in [-0.25, -0.2) is 14.2 Å². The van der Waals surface area contributed by atoms with Gasteiger partial charge in [-0.2, -0.15) is 0 Å². The number of allylic oxidation sites excluding steroid dienone is 5. The van der Waals surface area contributed by atoms with Gasteiger partial charge in [0.15, 0.2) is 67.8 Å². The second-order valence-electron chi connectivity index (χ2n) is 23.4. The molecule has 6 aliphatic rings. The van der Waals surface area contributed by atoms with Gasteiger partial charge in [0, 0.05) is 26.7 Å². The molecule has 5 aliphatic heterocycles. The molecule has 5 fully saturated rings. The number of hydrogen-bond donors (Lipinski definition) is 18. The second kappa shape index (κ2) is 33.2. The number of ketones is 1. The minimum Gasteiger partial charge on any atom is -0.510 e. The summed E-state index contributed by atoms with van der Waals surface area (Å²) in [7, 11) is -5.81. The van der Waals surface area contributed by atoms with Crippen LogP contribution in [0.15, 0.2) is 34.8 Å². The average molecular weight is 1380 g/mol. The number of carbonyl (C=O) groups excluding carboxylic acids is 6. The molecule has 0 aromatic heterocycles. The number of amides is 5. The third-order valence-electron chi connectivity index (χ3n) is 15.8. The Morgan fingerprint density at radius 1 is 0.723 bits per heavy atom. The van der Waals surface area contributed by atoms with Crippen molar-refractivity contribution in [2.45, 2.75) is 233 Å². The number of aliphatic hydroxyl groups excluding tert-OH is 10. The van der Waals surface area contributed by atoms with Gasteiger partial charge in [0.2, 0.25) is 17.7 Å². The highest BCUT2D eigenvalue weighted by atomic mass is 31.2. The average Bonchev–Trinajstić information content (AvgIpc) is 0.826. The summed E-state index contributed by atoms with van der Waals surface area (Å²) >= 11 is 0. The molecule has 0 spiro atoms. The van der Waals surface area contributed by atoms with Crippen LogP contribution in [0.1, 0.15) is 74.1 Å². The number of aliphatic hydroxyl groups is 11. The predicted molar refractivity (Wildman–Crippen MR) is 303 cm³/mol. The predicted octanol–water partition coefficient (Wildman–Crippen LogP) is -7.06. The van der Waals surface area contributed by atoms with Crippen LogP contribution in [0.4, 0.5) is 4.79 Å². The van der Waals surface area contributed by atoms with Crippen molar-refractivity contribution in [3.63, 3.8) is 0 Å². The van der Waals surface area contributed by atoms with Gasteiger partial charge in [-0.1, -0.05) is 23.3 Å².